The summed E-state index contributed by atoms with van der Waals surface area (Å²) in [6, 6.07) is 17.6. The van der Waals surface area contributed by atoms with Gasteiger partial charge in [-0.2, -0.15) is 0 Å². The quantitative estimate of drug-likeness (QED) is 0.736. The molecule has 1 amide bonds. The smallest absolute Gasteiger partial charge is 0.260 e. The molecule has 0 aliphatic carbocycles. The van der Waals surface area contributed by atoms with Crippen LogP contribution in [0, 0.1) is 6.92 Å². The van der Waals surface area contributed by atoms with E-state index in [1.807, 2.05) is 12.1 Å². The lowest BCUT2D eigenvalue weighted by atomic mass is 9.86. The van der Waals surface area contributed by atoms with Crippen molar-refractivity contribution in [2.75, 3.05) is 13.1 Å². The average molecular weight is 362 g/mol. The Morgan fingerprint density at radius 2 is 1.89 bits per heavy atom. The number of likely N-dealkylation sites (tertiary alicyclic amines) is 1. The number of aliphatic hydroxyl groups excluding tert-OH is 1. The molecule has 0 unspecified atom stereocenters. The Labute approximate surface area is 157 Å². The maximum atomic E-state index is 12.7. The van der Waals surface area contributed by atoms with Crippen molar-refractivity contribution in [1.82, 2.24) is 9.88 Å². The standard InChI is InChI=1S/C22H22N2O3/c1-14-6-9-19(21(26)23-14)22(27)24-11-10-18(20(25)13-24)17-8-7-15-4-2-3-5-16(15)12-17/h2-9,12,18,20,25H,10-11,13H2,1H3,(H,23,26)/t18-,20+/m1/s1. The summed E-state index contributed by atoms with van der Waals surface area (Å²) >= 11 is 0. The lowest BCUT2D eigenvalue weighted by molar-refractivity contribution is 0.0381. The van der Waals surface area contributed by atoms with Crippen LogP contribution in [0.4, 0.5) is 0 Å². The number of hydrogen-bond donors (Lipinski definition) is 2. The van der Waals surface area contributed by atoms with Crippen LogP contribution in [0.2, 0.25) is 0 Å². The lowest BCUT2D eigenvalue weighted by Gasteiger charge is -2.36. The fraction of sp³-hybridized carbons (Fsp3) is 0.273. The van der Waals surface area contributed by atoms with E-state index in [0.717, 1.165) is 10.9 Å². The molecule has 1 aliphatic rings. The Morgan fingerprint density at radius 3 is 2.63 bits per heavy atom. The number of nitrogens with one attached hydrogen (secondary N) is 1. The first-order valence-electron chi connectivity index (χ1n) is 9.19. The molecule has 0 saturated carbocycles. The molecule has 3 aromatic rings. The highest BCUT2D eigenvalue weighted by atomic mass is 16.3. The third kappa shape index (κ3) is 3.38. The number of amides is 1. The first kappa shape index (κ1) is 17.5. The van der Waals surface area contributed by atoms with Gasteiger partial charge < -0.3 is 15.0 Å². The molecule has 2 aromatic carbocycles. The van der Waals surface area contributed by atoms with Crippen LogP contribution in [0.1, 0.15) is 34.0 Å². The first-order valence-corrected chi connectivity index (χ1v) is 9.19. The zero-order valence-electron chi connectivity index (χ0n) is 15.2. The minimum Gasteiger partial charge on any atom is -0.391 e. The van der Waals surface area contributed by atoms with Gasteiger partial charge in [-0.3, -0.25) is 9.59 Å². The van der Waals surface area contributed by atoms with Crippen molar-refractivity contribution in [3.8, 4) is 0 Å². The summed E-state index contributed by atoms with van der Waals surface area (Å²) in [6.07, 6.45) is 0.00282. The predicted octanol–water partition coefficient (Wildman–Crippen LogP) is 2.83. The van der Waals surface area contributed by atoms with E-state index in [1.165, 1.54) is 5.39 Å². The molecule has 2 atom stereocenters. The number of H-pyrrole nitrogens is 1. The van der Waals surface area contributed by atoms with Crippen LogP contribution in [0.15, 0.2) is 59.4 Å². The van der Waals surface area contributed by atoms with Crippen molar-refractivity contribution < 1.29 is 9.90 Å². The van der Waals surface area contributed by atoms with Crippen LogP contribution < -0.4 is 5.56 Å². The van der Waals surface area contributed by atoms with E-state index in [4.69, 9.17) is 0 Å². The summed E-state index contributed by atoms with van der Waals surface area (Å²) in [7, 11) is 0. The van der Waals surface area contributed by atoms with Gasteiger partial charge in [-0.15, -0.1) is 0 Å². The number of hydrogen-bond acceptors (Lipinski definition) is 3. The number of aliphatic hydroxyl groups is 1. The highest BCUT2D eigenvalue weighted by Gasteiger charge is 2.32. The van der Waals surface area contributed by atoms with Gasteiger partial charge in [0.05, 0.1) is 6.10 Å². The normalized spacial score (nSPS) is 20.0. The van der Waals surface area contributed by atoms with Crippen LogP contribution in [0.5, 0.6) is 0 Å². The van der Waals surface area contributed by atoms with Crippen LogP contribution in [0.3, 0.4) is 0 Å². The number of aryl methyl sites for hydroxylation is 1. The Morgan fingerprint density at radius 1 is 1.11 bits per heavy atom. The number of carbonyl (C=O) groups excluding carboxylic acids is 1. The Hall–Kier alpha value is -2.92. The van der Waals surface area contributed by atoms with Crippen molar-refractivity contribution in [2.24, 2.45) is 0 Å². The molecule has 4 rings (SSSR count). The third-order valence-electron chi connectivity index (χ3n) is 5.36. The highest BCUT2D eigenvalue weighted by molar-refractivity contribution is 5.94. The summed E-state index contributed by atoms with van der Waals surface area (Å²) < 4.78 is 0. The van der Waals surface area contributed by atoms with Crippen molar-refractivity contribution in [3.63, 3.8) is 0 Å². The topological polar surface area (TPSA) is 73.4 Å². The van der Waals surface area contributed by atoms with Gasteiger partial charge in [0.1, 0.15) is 5.56 Å². The summed E-state index contributed by atoms with van der Waals surface area (Å²) in [4.78, 5) is 29.0. The molecule has 1 fully saturated rings. The Kier molecular flexibility index (Phi) is 4.54. The van der Waals surface area contributed by atoms with Gasteiger partial charge >= 0.3 is 0 Å². The van der Waals surface area contributed by atoms with Crippen LogP contribution >= 0.6 is 0 Å². The molecule has 5 nitrogen and oxygen atoms in total. The second-order valence-corrected chi connectivity index (χ2v) is 7.20. The number of β-amino-alcohol motifs (C(OH)–C–C–N with tert-alkyl or cyclic N) is 1. The van der Waals surface area contributed by atoms with Gasteiger partial charge in [0, 0.05) is 24.7 Å². The molecule has 2 heterocycles. The average Bonchev–Trinajstić information content (AvgIpc) is 2.67. The fourth-order valence-electron chi connectivity index (χ4n) is 3.85. The van der Waals surface area contributed by atoms with Crippen LogP contribution in [-0.2, 0) is 0 Å². The van der Waals surface area contributed by atoms with Gasteiger partial charge in [0.25, 0.3) is 11.5 Å². The van der Waals surface area contributed by atoms with Crippen molar-refractivity contribution >= 4 is 16.7 Å². The summed E-state index contributed by atoms with van der Waals surface area (Å²) in [5.41, 5.74) is 1.54. The maximum absolute atomic E-state index is 12.7. The Bertz CT molecular complexity index is 1060. The summed E-state index contributed by atoms with van der Waals surface area (Å²) in [6.45, 7) is 2.51. The van der Waals surface area contributed by atoms with Gasteiger partial charge in [-0.25, -0.2) is 0 Å². The van der Waals surface area contributed by atoms with E-state index >= 15 is 0 Å². The van der Waals surface area contributed by atoms with E-state index in [1.54, 1.807) is 24.0 Å². The molecular formula is C22H22N2O3. The molecule has 138 valence electrons. The molecule has 1 aromatic heterocycles. The zero-order chi connectivity index (χ0) is 19.0. The lowest BCUT2D eigenvalue weighted by Crippen LogP contribution is -2.46. The van der Waals surface area contributed by atoms with Crippen LogP contribution in [0.25, 0.3) is 10.8 Å². The Balaban J connectivity index is 1.53. The maximum Gasteiger partial charge on any atom is 0.260 e. The van der Waals surface area contributed by atoms with E-state index in [9.17, 15) is 14.7 Å². The molecule has 5 heteroatoms. The number of aromatic amines is 1. The minimum absolute atomic E-state index is 0.0186. The predicted molar refractivity (Wildman–Crippen MR) is 105 cm³/mol. The monoisotopic (exact) mass is 362 g/mol. The molecule has 0 radical (unpaired) electrons. The largest absolute Gasteiger partial charge is 0.391 e. The summed E-state index contributed by atoms with van der Waals surface area (Å²) in [5, 5.41) is 13.0. The molecule has 1 aliphatic heterocycles. The molecule has 27 heavy (non-hydrogen) atoms. The van der Waals surface area contributed by atoms with E-state index in [-0.39, 0.29) is 29.5 Å². The number of benzene rings is 2. The first-order chi connectivity index (χ1) is 13.0. The van der Waals surface area contributed by atoms with E-state index < -0.39 is 6.10 Å². The van der Waals surface area contributed by atoms with Crippen LogP contribution in [-0.4, -0.2) is 40.1 Å². The molecule has 2 N–H and O–H groups in total. The fourth-order valence-corrected chi connectivity index (χ4v) is 3.85. The van der Waals surface area contributed by atoms with Gasteiger partial charge in [0.15, 0.2) is 0 Å². The number of nitrogens with zero attached hydrogens (tertiary/aromatic N) is 1. The number of pyridine rings is 1. The highest BCUT2D eigenvalue weighted by Crippen LogP contribution is 2.31. The van der Waals surface area contributed by atoms with Crippen molar-refractivity contribution in [1.29, 1.82) is 0 Å². The number of aromatic nitrogens is 1. The summed E-state index contributed by atoms with van der Waals surface area (Å²) in [5.74, 6) is -0.345. The van der Waals surface area contributed by atoms with Gasteiger partial charge in [-0.05, 0) is 41.8 Å². The number of piperidine rings is 1. The molecule has 0 spiro atoms. The minimum atomic E-state index is -0.659. The molecular weight excluding hydrogens is 340 g/mol. The zero-order valence-corrected chi connectivity index (χ0v) is 15.2. The number of carbonyl (C=O) groups is 1. The van der Waals surface area contributed by atoms with Crippen molar-refractivity contribution in [3.05, 3.63) is 81.8 Å². The number of rotatable bonds is 2. The number of fused-ring (bicyclic) bond motifs is 1. The second-order valence-electron chi connectivity index (χ2n) is 7.20. The van der Waals surface area contributed by atoms with Gasteiger partial charge in [0.2, 0.25) is 0 Å². The second kappa shape index (κ2) is 7.00. The SMILES string of the molecule is Cc1ccc(C(=O)N2CC[C@H](c3ccc4ccccc4c3)[C@@H](O)C2)c(=O)[nH]1. The molecule has 1 saturated heterocycles. The van der Waals surface area contributed by atoms with Crippen molar-refractivity contribution in [2.45, 2.75) is 25.4 Å². The van der Waals surface area contributed by atoms with E-state index in [2.05, 4.69) is 35.3 Å². The van der Waals surface area contributed by atoms with E-state index in [0.29, 0.717) is 18.7 Å². The van der Waals surface area contributed by atoms with Gasteiger partial charge in [-0.1, -0.05) is 42.5 Å². The molecule has 0 bridgehead atoms. The third-order valence-corrected chi connectivity index (χ3v) is 5.36.